The minimum Gasteiger partial charge on any atom is -0.510 e. The first kappa shape index (κ1) is 44.9. The van der Waals surface area contributed by atoms with Crippen molar-refractivity contribution >= 4 is 54.6 Å². The van der Waals surface area contributed by atoms with E-state index in [2.05, 4.69) is 251 Å². The maximum atomic E-state index is 7.06. The van der Waals surface area contributed by atoms with E-state index in [0.717, 1.165) is 102 Å². The second-order valence-corrected chi connectivity index (χ2v) is 18.1. The molecule has 350 valence electrons. The quantitative estimate of drug-likeness (QED) is 0.0957. The third-order valence-electron chi connectivity index (χ3n) is 14.1. The molecule has 0 amide bonds. The number of nitrogens with zero attached hydrogens (tertiary/aromatic N) is 5. The number of pyridine rings is 1. The molecule has 7 heteroatoms. The molecule has 0 bridgehead atoms. The van der Waals surface area contributed by atoms with Crippen molar-refractivity contribution in [3.63, 3.8) is 0 Å². The third-order valence-corrected chi connectivity index (χ3v) is 14.1. The molecule has 4 heterocycles. The summed E-state index contributed by atoms with van der Waals surface area (Å²) < 4.78 is 16.0. The van der Waals surface area contributed by atoms with Gasteiger partial charge < -0.3 is 18.4 Å². The summed E-state index contributed by atoms with van der Waals surface area (Å²) in [6.45, 7) is 4.52. The van der Waals surface area contributed by atoms with Gasteiger partial charge >= 0.3 is 0 Å². The number of rotatable bonds is 11. The minimum atomic E-state index is 0. The number of aromatic nitrogens is 5. The molecule has 0 saturated heterocycles. The Morgan fingerprint density at radius 1 is 0.528 bits per heavy atom. The smallest absolute Gasteiger partial charge is 0.268 e. The third kappa shape index (κ3) is 7.53. The van der Waals surface area contributed by atoms with E-state index in [0.29, 0.717) is 17.4 Å². The Morgan fingerprint density at radius 3 is 1.75 bits per heavy atom. The second-order valence-electron chi connectivity index (χ2n) is 18.1. The fourth-order valence-electron chi connectivity index (χ4n) is 10.8. The van der Waals surface area contributed by atoms with E-state index in [4.69, 9.17) is 9.72 Å². The van der Waals surface area contributed by atoms with Crippen molar-refractivity contribution in [3.05, 3.63) is 243 Å². The van der Waals surface area contributed by atoms with Crippen LogP contribution in [0.5, 0.6) is 11.5 Å². The normalized spacial score (nSPS) is 11.6. The van der Waals surface area contributed by atoms with Gasteiger partial charge in [0.25, 0.3) is 6.33 Å². The topological polar surface area (TPSA) is 40.8 Å². The molecule has 72 heavy (non-hydrogen) atoms. The molecule has 0 spiro atoms. The van der Waals surface area contributed by atoms with Gasteiger partial charge in [-0.2, -0.15) is 12.1 Å². The fourth-order valence-corrected chi connectivity index (χ4v) is 10.8. The van der Waals surface area contributed by atoms with Gasteiger partial charge in [0, 0.05) is 55.1 Å². The number of imidazole rings is 1. The Balaban J connectivity index is 0.00000530. The fraction of sp³-hybridized carbons (Fsp3) is 0.0769. The summed E-state index contributed by atoms with van der Waals surface area (Å²) in [5.74, 6) is 2.39. The summed E-state index contributed by atoms with van der Waals surface area (Å²) in [7, 11) is 0. The summed E-state index contributed by atoms with van der Waals surface area (Å²) in [5, 5.41) is 4.55. The summed E-state index contributed by atoms with van der Waals surface area (Å²) in [4.78, 5) is 5.06. The van der Waals surface area contributed by atoms with Crippen molar-refractivity contribution in [2.45, 2.75) is 32.6 Å². The molecule has 0 atom stereocenters. The Kier molecular flexibility index (Phi) is 11.7. The Hall–Kier alpha value is -8.31. The van der Waals surface area contributed by atoms with Crippen LogP contribution in [-0.4, -0.2) is 18.7 Å². The monoisotopic (exact) mass is 1110 g/mol. The van der Waals surface area contributed by atoms with Crippen LogP contribution in [0.3, 0.4) is 0 Å². The number of fused-ring (bicyclic) bond motifs is 7. The van der Waals surface area contributed by atoms with Crippen molar-refractivity contribution < 1.29 is 30.4 Å². The average molecular weight is 1110 g/mol. The molecular weight excluding hydrogens is 1060 g/mol. The van der Waals surface area contributed by atoms with Crippen molar-refractivity contribution in [1.29, 1.82) is 0 Å². The molecule has 0 N–H and O–H groups in total. The maximum Gasteiger partial charge on any atom is 0.268 e. The van der Waals surface area contributed by atoms with Gasteiger partial charge in [-0.3, -0.25) is 4.57 Å². The van der Waals surface area contributed by atoms with Crippen LogP contribution in [0.25, 0.3) is 99.8 Å². The van der Waals surface area contributed by atoms with E-state index in [9.17, 15) is 0 Å². The Bertz CT molecular complexity index is 4020. The molecule has 0 saturated carbocycles. The van der Waals surface area contributed by atoms with E-state index in [1.165, 1.54) is 16.3 Å². The number of hydrogen-bond donors (Lipinski definition) is 0. The van der Waals surface area contributed by atoms with Crippen molar-refractivity contribution in [1.82, 2.24) is 18.7 Å². The van der Waals surface area contributed by atoms with E-state index >= 15 is 0 Å². The summed E-state index contributed by atoms with van der Waals surface area (Å²) >= 11 is 0. The zero-order valence-electron chi connectivity index (χ0n) is 39.7. The average Bonchev–Trinajstić information content (AvgIpc) is 4.10. The SMILES string of the molecule is CCC(CC)c1ccnc(-n2c3[c-]c(Oc4[c-]c(-n5[c-][n+](-c6c(-c7ccccc7)cccc6-c6ccccc6)c6ccccc65)ccc4)cc(-n4c5ccccc5c5ccccc54)c3c3ccccc32)c1.[Pt]. The maximum absolute atomic E-state index is 7.06. The number of para-hydroxylation sites is 6. The van der Waals surface area contributed by atoms with Gasteiger partial charge in [0.15, 0.2) is 0 Å². The van der Waals surface area contributed by atoms with E-state index in [1.807, 2.05) is 18.3 Å². The summed E-state index contributed by atoms with van der Waals surface area (Å²) in [5.41, 5.74) is 14.7. The molecule has 0 unspecified atom stereocenters. The van der Waals surface area contributed by atoms with Gasteiger partial charge in [0.05, 0.1) is 27.8 Å². The van der Waals surface area contributed by atoms with Crippen molar-refractivity contribution in [3.8, 4) is 56.6 Å². The van der Waals surface area contributed by atoms with Crippen LogP contribution in [0, 0.1) is 18.5 Å². The predicted octanol–water partition coefficient (Wildman–Crippen LogP) is 15.9. The molecule has 13 aromatic rings. The number of ether oxygens (including phenoxy) is 1. The zero-order valence-corrected chi connectivity index (χ0v) is 42.0. The molecule has 0 aliphatic carbocycles. The molecule has 0 aliphatic rings. The predicted molar refractivity (Wildman–Crippen MR) is 288 cm³/mol. The summed E-state index contributed by atoms with van der Waals surface area (Å²) in [6, 6.07) is 82.2. The molecule has 0 aliphatic heterocycles. The van der Waals surface area contributed by atoms with Gasteiger partial charge in [0.1, 0.15) is 5.82 Å². The van der Waals surface area contributed by atoms with Gasteiger partial charge in [-0.1, -0.05) is 182 Å². The number of hydrogen-bond acceptors (Lipinski definition) is 2. The van der Waals surface area contributed by atoms with Crippen LogP contribution < -0.4 is 9.30 Å². The first-order valence-electron chi connectivity index (χ1n) is 24.5. The first-order valence-corrected chi connectivity index (χ1v) is 24.5. The molecule has 13 rings (SSSR count). The zero-order chi connectivity index (χ0) is 47.4. The van der Waals surface area contributed by atoms with E-state index < -0.39 is 0 Å². The van der Waals surface area contributed by atoms with Crippen LogP contribution in [-0.2, 0) is 21.1 Å². The van der Waals surface area contributed by atoms with Crippen LogP contribution in [0.4, 0.5) is 0 Å². The van der Waals surface area contributed by atoms with Crippen molar-refractivity contribution in [2.75, 3.05) is 0 Å². The molecule has 9 aromatic carbocycles. The molecule has 0 radical (unpaired) electrons. The number of benzene rings is 9. The Morgan fingerprint density at radius 2 is 1.10 bits per heavy atom. The van der Waals surface area contributed by atoms with Gasteiger partial charge in [0.2, 0.25) is 0 Å². The van der Waals surface area contributed by atoms with Gasteiger partial charge in [-0.15, -0.1) is 24.3 Å². The Labute approximate surface area is 432 Å². The van der Waals surface area contributed by atoms with Crippen LogP contribution >= 0.6 is 0 Å². The van der Waals surface area contributed by atoms with Crippen molar-refractivity contribution in [2.24, 2.45) is 0 Å². The molecule has 0 fully saturated rings. The van der Waals surface area contributed by atoms with Crippen LogP contribution in [0.2, 0.25) is 0 Å². The van der Waals surface area contributed by atoms with Crippen LogP contribution in [0.1, 0.15) is 38.2 Å². The van der Waals surface area contributed by atoms with Gasteiger partial charge in [-0.25, -0.2) is 4.98 Å². The first-order chi connectivity index (χ1) is 35.1. The van der Waals surface area contributed by atoms with E-state index in [-0.39, 0.29) is 21.1 Å². The van der Waals surface area contributed by atoms with Crippen LogP contribution in [0.15, 0.2) is 219 Å². The molecular formula is C65H47N5OPt-2. The van der Waals surface area contributed by atoms with Gasteiger partial charge in [-0.05, 0) is 93.7 Å². The second kappa shape index (κ2) is 18.8. The molecule has 6 nitrogen and oxygen atoms in total. The largest absolute Gasteiger partial charge is 0.510 e. The van der Waals surface area contributed by atoms with E-state index in [1.54, 1.807) is 0 Å². The molecule has 4 aromatic heterocycles. The summed E-state index contributed by atoms with van der Waals surface area (Å²) in [6.07, 6.45) is 7.86. The standard InChI is InChI=1S/C65H47N5O.Pt/c1-3-44(4-2)47-37-38-66-63(39-47)70-58-34-16-13-29-55(58)64-61(69-56-32-14-11-27-53(56)54-28-12-15-33-57(54)69)41-50(42-62(64)70)71-49-26-19-25-48(40-49)67-43-68(60-36-18-17-35-59(60)67)65-51(45-21-7-5-8-22-45)30-20-31-52(65)46-23-9-6-10-24-46;/h5-39,41,44H,3-4H2,1-2H3;/q-2;. The minimum absolute atomic E-state index is 0.